The first-order valence-corrected chi connectivity index (χ1v) is 6.16. The van der Waals surface area contributed by atoms with Gasteiger partial charge in [0.1, 0.15) is 6.07 Å². The highest BCUT2D eigenvalue weighted by atomic mass is 16.5. The fourth-order valence-corrected chi connectivity index (χ4v) is 1.55. The van der Waals surface area contributed by atoms with E-state index in [2.05, 4.69) is 19.2 Å². The molecule has 1 rings (SSSR count). The Morgan fingerprint density at radius 2 is 2.11 bits per heavy atom. The summed E-state index contributed by atoms with van der Waals surface area (Å²) < 4.78 is 11.0. The molecule has 0 atom stereocenters. The Morgan fingerprint density at radius 3 is 2.72 bits per heavy atom. The van der Waals surface area contributed by atoms with Crippen molar-refractivity contribution in [3.8, 4) is 17.6 Å². The average molecular weight is 248 g/mol. The van der Waals surface area contributed by atoms with Gasteiger partial charge >= 0.3 is 0 Å². The molecule has 0 unspecified atom stereocenters. The van der Waals surface area contributed by atoms with E-state index in [1.54, 1.807) is 0 Å². The van der Waals surface area contributed by atoms with Gasteiger partial charge < -0.3 is 14.8 Å². The number of hydrogen-bond donors (Lipinski definition) is 1. The van der Waals surface area contributed by atoms with Gasteiger partial charge in [0, 0.05) is 18.2 Å². The van der Waals surface area contributed by atoms with Gasteiger partial charge in [-0.1, -0.05) is 26.0 Å². The minimum absolute atomic E-state index is 0.0266. The van der Waals surface area contributed by atoms with Crippen LogP contribution in [0.15, 0.2) is 18.2 Å². The number of hydrogen-bond acceptors (Lipinski definition) is 4. The zero-order valence-electron chi connectivity index (χ0n) is 11.2. The van der Waals surface area contributed by atoms with E-state index in [9.17, 15) is 0 Å². The van der Waals surface area contributed by atoms with Crippen LogP contribution in [0.1, 0.15) is 26.3 Å². The molecule has 1 aromatic carbocycles. The first-order valence-electron chi connectivity index (χ1n) is 6.16. The summed E-state index contributed by atoms with van der Waals surface area (Å²) in [7, 11) is 0. The van der Waals surface area contributed by atoms with Crippen molar-refractivity contribution in [2.45, 2.75) is 33.4 Å². The van der Waals surface area contributed by atoms with Crippen molar-refractivity contribution in [3.05, 3.63) is 23.8 Å². The molecular formula is C14H20N2O2. The molecule has 0 bridgehead atoms. The Bertz CT molecular complexity index is 411. The zero-order valence-corrected chi connectivity index (χ0v) is 11.2. The number of nitrogens with one attached hydrogen (secondary N) is 1. The average Bonchev–Trinajstić information content (AvgIpc) is 2.35. The lowest BCUT2D eigenvalue weighted by atomic mass is 10.1. The van der Waals surface area contributed by atoms with Crippen LogP contribution in [0.5, 0.6) is 11.5 Å². The van der Waals surface area contributed by atoms with Crippen LogP contribution in [-0.4, -0.2) is 19.3 Å². The van der Waals surface area contributed by atoms with Gasteiger partial charge in [-0.05, 0) is 13.0 Å². The quantitative estimate of drug-likeness (QED) is 0.805. The van der Waals surface area contributed by atoms with E-state index in [0.717, 1.165) is 5.56 Å². The van der Waals surface area contributed by atoms with Crippen LogP contribution >= 0.6 is 0 Å². The zero-order chi connectivity index (χ0) is 13.4. The van der Waals surface area contributed by atoms with Crippen LogP contribution in [0.4, 0.5) is 0 Å². The van der Waals surface area contributed by atoms with Crippen molar-refractivity contribution >= 4 is 0 Å². The van der Waals surface area contributed by atoms with Crippen LogP contribution in [0, 0.1) is 11.3 Å². The van der Waals surface area contributed by atoms with E-state index >= 15 is 0 Å². The lowest BCUT2D eigenvalue weighted by Gasteiger charge is -2.15. The fourth-order valence-electron chi connectivity index (χ4n) is 1.55. The number of ether oxygens (including phenoxy) is 2. The molecule has 4 nitrogen and oxygen atoms in total. The minimum atomic E-state index is 0.0266. The van der Waals surface area contributed by atoms with Crippen molar-refractivity contribution in [1.29, 1.82) is 5.26 Å². The van der Waals surface area contributed by atoms with Gasteiger partial charge in [0.15, 0.2) is 18.1 Å². The van der Waals surface area contributed by atoms with E-state index in [-0.39, 0.29) is 6.61 Å². The summed E-state index contributed by atoms with van der Waals surface area (Å²) >= 11 is 0. The molecule has 1 aromatic rings. The second kappa shape index (κ2) is 7.57. The largest absolute Gasteiger partial charge is 0.490 e. The van der Waals surface area contributed by atoms with Crippen LogP contribution in [0.2, 0.25) is 0 Å². The maximum absolute atomic E-state index is 8.63. The summed E-state index contributed by atoms with van der Waals surface area (Å²) in [6.45, 7) is 7.39. The molecule has 98 valence electrons. The molecule has 0 amide bonds. The normalized spacial score (nSPS) is 10.2. The standard InChI is InChI=1S/C14H20N2O2/c1-4-17-13-7-5-6-12(10-16-11(2)3)14(13)18-9-8-15/h5-7,11,16H,4,9-10H2,1-3H3. The Hall–Kier alpha value is -1.73. The van der Waals surface area contributed by atoms with E-state index in [1.165, 1.54) is 0 Å². The maximum Gasteiger partial charge on any atom is 0.174 e. The Labute approximate surface area is 109 Å². The highest BCUT2D eigenvalue weighted by Crippen LogP contribution is 2.31. The molecule has 0 aliphatic heterocycles. The highest BCUT2D eigenvalue weighted by Gasteiger charge is 2.11. The second-order valence-electron chi connectivity index (χ2n) is 4.16. The molecule has 1 N–H and O–H groups in total. The van der Waals surface area contributed by atoms with E-state index < -0.39 is 0 Å². The van der Waals surface area contributed by atoms with Crippen molar-refractivity contribution in [2.75, 3.05) is 13.2 Å². The summed E-state index contributed by atoms with van der Waals surface area (Å²) in [4.78, 5) is 0. The Morgan fingerprint density at radius 1 is 1.33 bits per heavy atom. The van der Waals surface area contributed by atoms with E-state index in [4.69, 9.17) is 14.7 Å². The lowest BCUT2D eigenvalue weighted by molar-refractivity contribution is 0.295. The van der Waals surface area contributed by atoms with Crippen molar-refractivity contribution < 1.29 is 9.47 Å². The van der Waals surface area contributed by atoms with Crippen molar-refractivity contribution in [3.63, 3.8) is 0 Å². The number of nitrogens with zero attached hydrogens (tertiary/aromatic N) is 1. The predicted octanol–water partition coefficient (Wildman–Crippen LogP) is 2.49. The Balaban J connectivity index is 2.91. The highest BCUT2D eigenvalue weighted by molar-refractivity contribution is 5.46. The molecule has 0 aliphatic rings. The summed E-state index contributed by atoms with van der Waals surface area (Å²) in [5.41, 5.74) is 1.00. The molecule has 0 aliphatic carbocycles. The first-order chi connectivity index (χ1) is 8.69. The molecule has 18 heavy (non-hydrogen) atoms. The molecule has 0 aromatic heterocycles. The summed E-state index contributed by atoms with van der Waals surface area (Å²) in [6, 6.07) is 8.14. The molecular weight excluding hydrogens is 228 g/mol. The minimum Gasteiger partial charge on any atom is -0.490 e. The summed E-state index contributed by atoms with van der Waals surface area (Å²) in [5.74, 6) is 1.35. The summed E-state index contributed by atoms with van der Waals surface area (Å²) in [6.07, 6.45) is 0. The van der Waals surface area contributed by atoms with Crippen molar-refractivity contribution in [1.82, 2.24) is 5.32 Å². The van der Waals surface area contributed by atoms with Gasteiger partial charge in [0.05, 0.1) is 6.61 Å². The Kier molecular flexibility index (Phi) is 6.03. The number of para-hydroxylation sites is 1. The molecule has 4 heteroatoms. The third kappa shape index (κ3) is 4.27. The molecule has 0 fully saturated rings. The summed E-state index contributed by atoms with van der Waals surface area (Å²) in [5, 5.41) is 12.0. The first kappa shape index (κ1) is 14.3. The van der Waals surface area contributed by atoms with Crippen LogP contribution in [0.25, 0.3) is 0 Å². The number of rotatable bonds is 7. The number of nitriles is 1. The second-order valence-corrected chi connectivity index (χ2v) is 4.16. The van der Waals surface area contributed by atoms with Crippen molar-refractivity contribution in [2.24, 2.45) is 0 Å². The van der Waals surface area contributed by atoms with E-state index in [0.29, 0.717) is 30.7 Å². The lowest BCUT2D eigenvalue weighted by Crippen LogP contribution is -2.22. The van der Waals surface area contributed by atoms with Crippen LogP contribution < -0.4 is 14.8 Å². The third-order valence-electron chi connectivity index (χ3n) is 2.34. The van der Waals surface area contributed by atoms with Gasteiger partial charge in [-0.3, -0.25) is 0 Å². The molecule has 0 spiro atoms. The molecule has 0 saturated carbocycles. The SMILES string of the molecule is CCOc1cccc(CNC(C)C)c1OCC#N. The third-order valence-corrected chi connectivity index (χ3v) is 2.34. The van der Waals surface area contributed by atoms with Crippen LogP contribution in [0.3, 0.4) is 0 Å². The maximum atomic E-state index is 8.63. The fraction of sp³-hybridized carbons (Fsp3) is 0.500. The van der Waals surface area contributed by atoms with Gasteiger partial charge in [-0.25, -0.2) is 0 Å². The van der Waals surface area contributed by atoms with Gasteiger partial charge in [-0.2, -0.15) is 5.26 Å². The predicted molar refractivity (Wildman–Crippen MR) is 70.7 cm³/mol. The topological polar surface area (TPSA) is 54.3 Å². The molecule has 0 radical (unpaired) electrons. The smallest absolute Gasteiger partial charge is 0.174 e. The molecule has 0 heterocycles. The molecule has 0 saturated heterocycles. The van der Waals surface area contributed by atoms with Gasteiger partial charge in [-0.15, -0.1) is 0 Å². The monoisotopic (exact) mass is 248 g/mol. The van der Waals surface area contributed by atoms with Gasteiger partial charge in [0.2, 0.25) is 0 Å². The van der Waals surface area contributed by atoms with Crippen LogP contribution in [-0.2, 0) is 6.54 Å². The number of benzene rings is 1. The van der Waals surface area contributed by atoms with E-state index in [1.807, 2.05) is 31.2 Å². The van der Waals surface area contributed by atoms with Gasteiger partial charge in [0.25, 0.3) is 0 Å².